The van der Waals surface area contributed by atoms with Gasteiger partial charge >= 0.3 is 0 Å². The predicted octanol–water partition coefficient (Wildman–Crippen LogP) is 1.62. The zero-order chi connectivity index (χ0) is 9.82. The van der Waals surface area contributed by atoms with Crippen molar-refractivity contribution in [1.82, 2.24) is 5.48 Å². The fourth-order valence-corrected chi connectivity index (χ4v) is 0.440. The third-order valence-corrected chi connectivity index (χ3v) is 0.897. The summed E-state index contributed by atoms with van der Waals surface area (Å²) in [6.07, 6.45) is 2.19. The predicted molar refractivity (Wildman–Crippen MR) is 44.0 cm³/mol. The average Bonchev–Trinajstić information content (AvgIpc) is 2.15. The molecule has 0 spiro atoms. The van der Waals surface area contributed by atoms with Crippen molar-refractivity contribution in [2.75, 3.05) is 0 Å². The van der Waals surface area contributed by atoms with Gasteiger partial charge < -0.3 is 0 Å². The first kappa shape index (κ1) is 13.5. The average molecular weight is 175 g/mol. The molecule has 0 aliphatic rings. The zero-order valence-electron chi connectivity index (χ0n) is 7.35. The lowest BCUT2D eigenvalue weighted by Crippen LogP contribution is -2.17. The summed E-state index contributed by atoms with van der Waals surface area (Å²) < 4.78 is 11.1. The Bertz CT molecular complexity index is 160. The molecule has 0 aliphatic carbocycles. The lowest BCUT2D eigenvalue weighted by atomic mass is 10.2. The molecule has 1 amide bonds. The number of rotatable bonds is 3. The molecule has 0 aromatic heterocycles. The summed E-state index contributed by atoms with van der Waals surface area (Å²) in [5.41, 5.74) is 1.46. The molecule has 0 aromatic carbocycles. The molecule has 2 N–H and O–H groups in total. The molecular formula is C8H14FNO2. The van der Waals surface area contributed by atoms with Crippen molar-refractivity contribution in [2.45, 2.75) is 33.1 Å². The van der Waals surface area contributed by atoms with E-state index in [9.17, 15) is 9.18 Å². The van der Waals surface area contributed by atoms with E-state index >= 15 is 0 Å². The van der Waals surface area contributed by atoms with E-state index in [-0.39, 0.29) is 6.42 Å². The minimum atomic E-state index is -0.472. The molecule has 0 saturated carbocycles. The van der Waals surface area contributed by atoms with E-state index in [4.69, 9.17) is 5.21 Å². The van der Waals surface area contributed by atoms with Crippen molar-refractivity contribution in [1.29, 1.82) is 0 Å². The van der Waals surface area contributed by atoms with Crippen LogP contribution in [0.15, 0.2) is 0 Å². The third-order valence-electron chi connectivity index (χ3n) is 0.897. The maximum Gasteiger partial charge on any atom is 0.243 e. The Hall–Kier alpha value is -1.08. The largest absolute Gasteiger partial charge is 0.289 e. The molecule has 0 bridgehead atoms. The summed E-state index contributed by atoms with van der Waals surface area (Å²) in [6.45, 7) is 4.00. The van der Waals surface area contributed by atoms with Crippen molar-refractivity contribution in [3.05, 3.63) is 0 Å². The van der Waals surface area contributed by atoms with Crippen molar-refractivity contribution in [3.63, 3.8) is 0 Å². The highest BCUT2D eigenvalue weighted by atomic mass is 19.1. The maximum atomic E-state index is 11.1. The van der Waals surface area contributed by atoms with Crippen molar-refractivity contribution >= 4 is 5.91 Å². The molecule has 0 rings (SSSR count). The molecule has 0 saturated heterocycles. The molecule has 0 aliphatic heterocycles. The van der Waals surface area contributed by atoms with Crippen LogP contribution in [-0.2, 0) is 4.79 Å². The molecular weight excluding hydrogens is 161 g/mol. The lowest BCUT2D eigenvalue weighted by Gasteiger charge is -1.92. The molecule has 0 fully saturated rings. The first-order chi connectivity index (χ1) is 5.81. The second-order valence-corrected chi connectivity index (χ2v) is 1.66. The summed E-state index contributed by atoms with van der Waals surface area (Å²) >= 11 is 0. The number of amides is 1. The smallest absolute Gasteiger partial charge is 0.243 e. The number of halogens is 1. The molecule has 0 atom stereocenters. The van der Waals surface area contributed by atoms with E-state index in [1.807, 2.05) is 13.8 Å². The van der Waals surface area contributed by atoms with Crippen LogP contribution in [0, 0.1) is 12.1 Å². The van der Waals surface area contributed by atoms with Crippen molar-refractivity contribution < 1.29 is 14.4 Å². The fourth-order valence-electron chi connectivity index (χ4n) is 0.440. The standard InChI is InChI=1S/C6H8FNO2.C2H6/c7-5-3-1-2-4-6(9)8-10;1-2/h10H,1-2,4H2,(H,8,9);1-2H3. The number of unbranched alkanes of at least 4 members (excludes halogenated alkanes) is 1. The third kappa shape index (κ3) is 11.7. The van der Waals surface area contributed by atoms with E-state index in [1.165, 1.54) is 11.7 Å². The highest BCUT2D eigenvalue weighted by Crippen LogP contribution is 1.92. The number of hydroxylamine groups is 1. The van der Waals surface area contributed by atoms with Gasteiger partial charge in [0.25, 0.3) is 0 Å². The van der Waals surface area contributed by atoms with Gasteiger partial charge in [-0.05, 0) is 6.42 Å². The van der Waals surface area contributed by atoms with Crippen LogP contribution in [0.25, 0.3) is 0 Å². The topological polar surface area (TPSA) is 49.3 Å². The van der Waals surface area contributed by atoms with Gasteiger partial charge in [0.05, 0.1) is 0 Å². The highest BCUT2D eigenvalue weighted by molar-refractivity contribution is 5.74. The number of nitrogens with one attached hydrogen (secondary N) is 1. The van der Waals surface area contributed by atoms with Gasteiger partial charge in [-0.2, -0.15) is 0 Å². The fraction of sp³-hybridized carbons (Fsp3) is 0.625. The van der Waals surface area contributed by atoms with Crippen LogP contribution in [-0.4, -0.2) is 11.1 Å². The highest BCUT2D eigenvalue weighted by Gasteiger charge is 1.95. The van der Waals surface area contributed by atoms with E-state index < -0.39 is 5.91 Å². The van der Waals surface area contributed by atoms with E-state index in [1.54, 1.807) is 0 Å². The van der Waals surface area contributed by atoms with Crippen LogP contribution in [0.5, 0.6) is 0 Å². The second kappa shape index (κ2) is 12.6. The van der Waals surface area contributed by atoms with E-state index in [0.717, 1.165) is 0 Å². The number of hydrogen-bond acceptors (Lipinski definition) is 2. The monoisotopic (exact) mass is 175 g/mol. The van der Waals surface area contributed by atoms with Crippen LogP contribution in [0.3, 0.4) is 0 Å². The first-order valence-electron chi connectivity index (χ1n) is 3.82. The van der Waals surface area contributed by atoms with Crippen molar-refractivity contribution in [3.8, 4) is 12.1 Å². The van der Waals surface area contributed by atoms with Crippen LogP contribution < -0.4 is 5.48 Å². The Balaban J connectivity index is 0. The number of carbonyl (C=O) groups is 1. The SMILES string of the molecule is CC.O=C(CCCC#CF)NO. The molecule has 3 nitrogen and oxygen atoms in total. The molecule has 4 heteroatoms. The summed E-state index contributed by atoms with van der Waals surface area (Å²) in [6, 6.07) is 0. The van der Waals surface area contributed by atoms with Crippen LogP contribution in [0.4, 0.5) is 4.39 Å². The Morgan fingerprint density at radius 1 is 1.58 bits per heavy atom. The molecule has 70 valence electrons. The Morgan fingerprint density at radius 2 is 2.17 bits per heavy atom. The quantitative estimate of drug-likeness (QED) is 0.296. The maximum absolute atomic E-state index is 11.1. The van der Waals surface area contributed by atoms with Gasteiger partial charge in [-0.3, -0.25) is 10.0 Å². The van der Waals surface area contributed by atoms with Gasteiger partial charge in [-0.25, -0.2) is 5.48 Å². The minimum absolute atomic E-state index is 0.172. The molecule has 12 heavy (non-hydrogen) atoms. The van der Waals surface area contributed by atoms with Gasteiger partial charge in [-0.1, -0.05) is 19.8 Å². The summed E-state index contributed by atoms with van der Waals surface area (Å²) in [5.74, 6) is 1.68. The summed E-state index contributed by atoms with van der Waals surface area (Å²) in [7, 11) is 0. The van der Waals surface area contributed by atoms with Crippen molar-refractivity contribution in [2.24, 2.45) is 0 Å². The van der Waals surface area contributed by atoms with Crippen LogP contribution in [0.1, 0.15) is 33.1 Å². The summed E-state index contributed by atoms with van der Waals surface area (Å²) in [4.78, 5) is 10.3. The Labute approximate surface area is 71.9 Å². The zero-order valence-corrected chi connectivity index (χ0v) is 7.35. The van der Waals surface area contributed by atoms with Gasteiger partial charge in [0.2, 0.25) is 5.91 Å². The normalized spacial score (nSPS) is 7.00. The summed E-state index contributed by atoms with van der Waals surface area (Å²) in [5, 5.41) is 7.98. The van der Waals surface area contributed by atoms with E-state index in [0.29, 0.717) is 12.8 Å². The first-order valence-corrected chi connectivity index (χ1v) is 3.82. The minimum Gasteiger partial charge on any atom is -0.289 e. The molecule has 0 radical (unpaired) electrons. The van der Waals surface area contributed by atoms with Gasteiger partial charge in [0, 0.05) is 12.8 Å². The molecule has 0 heterocycles. The van der Waals surface area contributed by atoms with Crippen LogP contribution in [0.2, 0.25) is 0 Å². The Kier molecular flexibility index (Phi) is 14.2. The number of carbonyl (C=O) groups excluding carboxylic acids is 1. The second-order valence-electron chi connectivity index (χ2n) is 1.66. The Morgan fingerprint density at radius 3 is 2.58 bits per heavy atom. The van der Waals surface area contributed by atoms with Gasteiger partial charge in [0.15, 0.2) is 0 Å². The van der Waals surface area contributed by atoms with Gasteiger partial charge in [0.1, 0.15) is 6.17 Å². The molecule has 0 aromatic rings. The lowest BCUT2D eigenvalue weighted by molar-refractivity contribution is -0.129. The van der Waals surface area contributed by atoms with Crippen LogP contribution >= 0.6 is 0 Å². The number of hydrogen-bond donors (Lipinski definition) is 2. The van der Waals surface area contributed by atoms with E-state index in [2.05, 4.69) is 5.92 Å². The molecule has 0 unspecified atom stereocenters. The van der Waals surface area contributed by atoms with Gasteiger partial charge in [-0.15, -0.1) is 4.39 Å².